The van der Waals surface area contributed by atoms with Gasteiger partial charge in [-0.15, -0.1) is 0 Å². The second-order valence-corrected chi connectivity index (χ2v) is 6.86. The van der Waals surface area contributed by atoms with Crippen molar-refractivity contribution in [2.24, 2.45) is 0 Å². The molecule has 1 aliphatic rings. The average Bonchev–Trinajstić information content (AvgIpc) is 3.01. The molecule has 0 aromatic carbocycles. The van der Waals surface area contributed by atoms with Crippen LogP contribution in [0.4, 0.5) is 5.82 Å². The summed E-state index contributed by atoms with van der Waals surface area (Å²) in [6.07, 6.45) is 1.85. The van der Waals surface area contributed by atoms with Crippen molar-refractivity contribution < 1.29 is 19.4 Å². The van der Waals surface area contributed by atoms with Crippen LogP contribution in [0.5, 0.6) is 0 Å². The number of pyridine rings is 1. The van der Waals surface area contributed by atoms with Crippen LogP contribution >= 0.6 is 11.6 Å². The first-order valence-electron chi connectivity index (χ1n) is 8.52. The lowest BCUT2D eigenvalue weighted by Gasteiger charge is -2.38. The molecule has 0 aliphatic carbocycles. The van der Waals surface area contributed by atoms with Gasteiger partial charge in [0, 0.05) is 32.1 Å². The molecule has 1 fully saturated rings. The Morgan fingerprint density at radius 2 is 2.22 bits per heavy atom. The SMILES string of the molecule is COC1CN(c2cc(C(=O)O)ccn2)CCC1NC(=O)c1cc(Cl)c(C)[nH]1. The molecule has 3 rings (SSSR count). The lowest BCUT2D eigenvalue weighted by Crippen LogP contribution is -2.55. The Labute approximate surface area is 161 Å². The molecule has 2 atom stereocenters. The lowest BCUT2D eigenvalue weighted by molar-refractivity contribution is 0.0538. The standard InChI is InChI=1S/C18H21ClN4O4/c1-10-12(19)8-14(21-10)17(24)22-13-4-6-23(9-15(13)27-2)16-7-11(18(25)26)3-5-20-16/h3,5,7-8,13,15,21H,4,6,9H2,1-2H3,(H,22,24)(H,25,26). The molecule has 1 aliphatic heterocycles. The Morgan fingerprint density at radius 1 is 1.44 bits per heavy atom. The van der Waals surface area contributed by atoms with E-state index in [0.717, 1.165) is 5.69 Å². The topological polar surface area (TPSA) is 108 Å². The molecule has 2 aromatic rings. The van der Waals surface area contributed by atoms with E-state index < -0.39 is 5.97 Å². The summed E-state index contributed by atoms with van der Waals surface area (Å²) in [5.74, 6) is -0.658. The number of nitrogens with one attached hydrogen (secondary N) is 2. The van der Waals surface area contributed by atoms with E-state index in [0.29, 0.717) is 36.0 Å². The van der Waals surface area contributed by atoms with E-state index in [2.05, 4.69) is 15.3 Å². The van der Waals surface area contributed by atoms with Crippen molar-refractivity contribution in [1.29, 1.82) is 0 Å². The van der Waals surface area contributed by atoms with Crippen LogP contribution in [0.25, 0.3) is 0 Å². The number of hydrogen-bond donors (Lipinski definition) is 3. The first-order chi connectivity index (χ1) is 12.9. The minimum absolute atomic E-state index is 0.177. The first-order valence-corrected chi connectivity index (χ1v) is 8.90. The highest BCUT2D eigenvalue weighted by molar-refractivity contribution is 6.31. The highest BCUT2D eigenvalue weighted by Gasteiger charge is 2.31. The zero-order valence-electron chi connectivity index (χ0n) is 15.0. The smallest absolute Gasteiger partial charge is 0.335 e. The van der Waals surface area contributed by atoms with E-state index in [9.17, 15) is 9.59 Å². The Kier molecular flexibility index (Phi) is 5.67. The molecular formula is C18H21ClN4O4. The Balaban J connectivity index is 1.68. The van der Waals surface area contributed by atoms with Crippen LogP contribution in [0.2, 0.25) is 5.02 Å². The highest BCUT2D eigenvalue weighted by atomic mass is 35.5. The number of rotatable bonds is 5. The lowest BCUT2D eigenvalue weighted by atomic mass is 10.0. The molecule has 9 heteroatoms. The van der Waals surface area contributed by atoms with Gasteiger partial charge >= 0.3 is 5.97 Å². The van der Waals surface area contributed by atoms with Gasteiger partial charge in [-0.2, -0.15) is 0 Å². The van der Waals surface area contributed by atoms with Crippen LogP contribution in [0.15, 0.2) is 24.4 Å². The van der Waals surface area contributed by atoms with E-state index in [1.165, 1.54) is 18.3 Å². The molecular weight excluding hydrogens is 372 g/mol. The predicted molar refractivity (Wildman–Crippen MR) is 101 cm³/mol. The van der Waals surface area contributed by atoms with Gasteiger partial charge in [-0.3, -0.25) is 4.79 Å². The van der Waals surface area contributed by atoms with Gasteiger partial charge in [0.1, 0.15) is 11.5 Å². The summed E-state index contributed by atoms with van der Waals surface area (Å²) in [6.45, 7) is 2.90. The van der Waals surface area contributed by atoms with Gasteiger partial charge in [0.15, 0.2) is 0 Å². The fourth-order valence-electron chi connectivity index (χ4n) is 3.15. The second-order valence-electron chi connectivity index (χ2n) is 6.45. The van der Waals surface area contributed by atoms with E-state index in [-0.39, 0.29) is 23.6 Å². The van der Waals surface area contributed by atoms with Gasteiger partial charge in [-0.1, -0.05) is 11.6 Å². The van der Waals surface area contributed by atoms with Crippen molar-refractivity contribution in [3.05, 3.63) is 46.4 Å². The molecule has 2 aromatic heterocycles. The van der Waals surface area contributed by atoms with Crippen molar-refractivity contribution in [3.8, 4) is 0 Å². The number of carboxylic acid groups (broad SMARTS) is 1. The monoisotopic (exact) mass is 392 g/mol. The number of piperidine rings is 1. The maximum absolute atomic E-state index is 12.5. The number of halogens is 1. The van der Waals surface area contributed by atoms with Gasteiger partial charge in [0.2, 0.25) is 0 Å². The van der Waals surface area contributed by atoms with Gasteiger partial charge in [0.05, 0.1) is 22.7 Å². The first kappa shape index (κ1) is 19.2. The minimum Gasteiger partial charge on any atom is -0.478 e. The number of aromatic carboxylic acids is 1. The van der Waals surface area contributed by atoms with Gasteiger partial charge < -0.3 is 25.0 Å². The maximum Gasteiger partial charge on any atom is 0.335 e. The molecule has 0 radical (unpaired) electrons. The number of H-pyrrole nitrogens is 1. The average molecular weight is 393 g/mol. The van der Waals surface area contributed by atoms with E-state index >= 15 is 0 Å². The summed E-state index contributed by atoms with van der Waals surface area (Å²) in [4.78, 5) is 32.8. The molecule has 8 nitrogen and oxygen atoms in total. The van der Waals surface area contributed by atoms with E-state index in [4.69, 9.17) is 21.4 Å². The normalized spacial score (nSPS) is 19.7. The van der Waals surface area contributed by atoms with Gasteiger partial charge in [0.25, 0.3) is 5.91 Å². The summed E-state index contributed by atoms with van der Waals surface area (Å²) < 4.78 is 5.56. The number of ether oxygens (including phenoxy) is 1. The predicted octanol–water partition coefficient (Wildman–Crippen LogP) is 2.09. The third kappa shape index (κ3) is 4.23. The molecule has 0 saturated carbocycles. The number of hydrogen-bond acceptors (Lipinski definition) is 5. The van der Waals surface area contributed by atoms with Crippen molar-refractivity contribution in [3.63, 3.8) is 0 Å². The largest absolute Gasteiger partial charge is 0.478 e. The van der Waals surface area contributed by atoms with Crippen LogP contribution in [-0.2, 0) is 4.74 Å². The third-order valence-electron chi connectivity index (χ3n) is 4.69. The summed E-state index contributed by atoms with van der Waals surface area (Å²) in [5, 5.41) is 12.6. The summed E-state index contributed by atoms with van der Waals surface area (Å²) >= 11 is 6.00. The fraction of sp³-hybridized carbons (Fsp3) is 0.389. The van der Waals surface area contributed by atoms with E-state index in [1.807, 2.05) is 4.90 Å². The van der Waals surface area contributed by atoms with Crippen LogP contribution < -0.4 is 10.2 Å². The number of aromatic amines is 1. The van der Waals surface area contributed by atoms with Crippen molar-refractivity contribution in [2.75, 3.05) is 25.1 Å². The molecule has 27 heavy (non-hydrogen) atoms. The molecule has 3 heterocycles. The molecule has 2 unspecified atom stereocenters. The van der Waals surface area contributed by atoms with Crippen molar-refractivity contribution >= 4 is 29.3 Å². The molecule has 144 valence electrons. The third-order valence-corrected chi connectivity index (χ3v) is 5.08. The van der Waals surface area contributed by atoms with Crippen molar-refractivity contribution in [1.82, 2.24) is 15.3 Å². The highest BCUT2D eigenvalue weighted by Crippen LogP contribution is 2.22. The number of carboxylic acids is 1. The number of amides is 1. The number of aromatic nitrogens is 2. The molecule has 0 bridgehead atoms. The molecule has 1 amide bonds. The zero-order valence-corrected chi connectivity index (χ0v) is 15.8. The number of nitrogens with zero attached hydrogens (tertiary/aromatic N) is 2. The summed E-state index contributed by atoms with van der Waals surface area (Å²) in [5.41, 5.74) is 1.33. The van der Waals surface area contributed by atoms with Crippen molar-refractivity contribution in [2.45, 2.75) is 25.5 Å². The summed E-state index contributed by atoms with van der Waals surface area (Å²) in [6, 6.07) is 4.42. The van der Waals surface area contributed by atoms with Gasteiger partial charge in [-0.25, -0.2) is 9.78 Å². The maximum atomic E-state index is 12.5. The van der Waals surface area contributed by atoms with E-state index in [1.54, 1.807) is 20.1 Å². The fourth-order valence-corrected chi connectivity index (χ4v) is 3.31. The summed E-state index contributed by atoms with van der Waals surface area (Å²) in [7, 11) is 1.59. The zero-order chi connectivity index (χ0) is 19.6. The Hall–Kier alpha value is -2.58. The molecule has 1 saturated heterocycles. The van der Waals surface area contributed by atoms with Crippen LogP contribution in [-0.4, -0.2) is 59.3 Å². The minimum atomic E-state index is -0.996. The van der Waals surface area contributed by atoms with Gasteiger partial charge in [-0.05, 0) is 31.5 Å². The Morgan fingerprint density at radius 3 is 2.85 bits per heavy atom. The number of carbonyl (C=O) groups is 2. The number of methoxy groups -OCH3 is 1. The van der Waals surface area contributed by atoms with Crippen LogP contribution in [0, 0.1) is 6.92 Å². The molecule has 0 spiro atoms. The quantitative estimate of drug-likeness (QED) is 0.719. The van der Waals surface area contributed by atoms with Crippen LogP contribution in [0.1, 0.15) is 33.0 Å². The second kappa shape index (κ2) is 7.98. The molecule has 3 N–H and O–H groups in total. The number of aryl methyl sites for hydroxylation is 1. The van der Waals surface area contributed by atoms with Crippen LogP contribution in [0.3, 0.4) is 0 Å². The number of anilines is 1. The Bertz CT molecular complexity index is 834. The number of carbonyl (C=O) groups excluding carboxylic acids is 1.